The summed E-state index contributed by atoms with van der Waals surface area (Å²) in [6.07, 6.45) is 6.35. The van der Waals surface area contributed by atoms with Crippen LogP contribution in [-0.2, 0) is 0 Å². The highest BCUT2D eigenvalue weighted by atomic mass is 15.3. The fourth-order valence-corrected chi connectivity index (χ4v) is 3.78. The van der Waals surface area contributed by atoms with Gasteiger partial charge in [0.05, 0.1) is 6.04 Å². The number of nitrogens with one attached hydrogen (secondary N) is 1. The van der Waals surface area contributed by atoms with Crippen LogP contribution in [0.2, 0.25) is 0 Å². The highest BCUT2D eigenvalue weighted by Gasteiger charge is 2.42. The molecule has 3 N–H and O–H groups in total. The monoisotopic (exact) mass is 275 g/mol. The highest BCUT2D eigenvalue weighted by molar-refractivity contribution is 5.37. The summed E-state index contributed by atoms with van der Waals surface area (Å²) in [5.41, 5.74) is 7.32. The van der Waals surface area contributed by atoms with E-state index in [0.717, 1.165) is 0 Å². The van der Waals surface area contributed by atoms with E-state index in [2.05, 4.69) is 56.5 Å². The first kappa shape index (κ1) is 15.5. The average Bonchev–Trinajstić information content (AvgIpc) is 2.45. The third-order valence-electron chi connectivity index (χ3n) is 5.27. The van der Waals surface area contributed by atoms with Crippen molar-refractivity contribution in [1.29, 1.82) is 0 Å². The van der Waals surface area contributed by atoms with Crippen molar-refractivity contribution < 1.29 is 0 Å². The van der Waals surface area contributed by atoms with Crippen LogP contribution in [0.4, 0.5) is 0 Å². The van der Waals surface area contributed by atoms with Gasteiger partial charge < -0.3 is 4.90 Å². The first-order valence-corrected chi connectivity index (χ1v) is 7.72. The standard InChI is InChI=1S/C17H29N3/c1-13-9-8-10-15(14(13)2)16(19-18)17(20(3)4)11-6-5-7-12-17/h8-10,16,19H,5-7,11-12,18H2,1-4H3. The normalized spacial score (nSPS) is 20.1. The fourth-order valence-electron chi connectivity index (χ4n) is 3.78. The van der Waals surface area contributed by atoms with Crippen LogP contribution in [0, 0.1) is 13.8 Å². The fraction of sp³-hybridized carbons (Fsp3) is 0.647. The Morgan fingerprint density at radius 2 is 1.80 bits per heavy atom. The lowest BCUT2D eigenvalue weighted by molar-refractivity contribution is 0.0561. The Kier molecular flexibility index (Phi) is 4.84. The molecule has 0 aliphatic heterocycles. The van der Waals surface area contributed by atoms with Gasteiger partial charge in [-0.1, -0.05) is 37.5 Å². The van der Waals surface area contributed by atoms with Gasteiger partial charge >= 0.3 is 0 Å². The highest BCUT2D eigenvalue weighted by Crippen LogP contribution is 2.42. The van der Waals surface area contributed by atoms with Crippen LogP contribution in [0.15, 0.2) is 18.2 Å². The zero-order valence-corrected chi connectivity index (χ0v) is 13.4. The predicted molar refractivity (Wildman–Crippen MR) is 85.5 cm³/mol. The van der Waals surface area contributed by atoms with Gasteiger partial charge in [0.2, 0.25) is 0 Å². The maximum absolute atomic E-state index is 6.00. The van der Waals surface area contributed by atoms with E-state index in [4.69, 9.17) is 5.84 Å². The van der Waals surface area contributed by atoms with Crippen molar-refractivity contribution in [3.63, 3.8) is 0 Å². The molecule has 1 aliphatic carbocycles. The van der Waals surface area contributed by atoms with E-state index in [-0.39, 0.29) is 11.6 Å². The van der Waals surface area contributed by atoms with Crippen LogP contribution < -0.4 is 11.3 Å². The summed E-state index contributed by atoms with van der Waals surface area (Å²) < 4.78 is 0. The smallest absolute Gasteiger partial charge is 0.0646 e. The Labute approximate surface area is 123 Å². The number of hydrazine groups is 1. The quantitative estimate of drug-likeness (QED) is 0.655. The second-order valence-corrected chi connectivity index (χ2v) is 6.45. The number of aryl methyl sites for hydroxylation is 1. The van der Waals surface area contributed by atoms with Gasteiger partial charge in [-0.25, -0.2) is 0 Å². The Balaban J connectivity index is 2.45. The topological polar surface area (TPSA) is 41.3 Å². The van der Waals surface area contributed by atoms with Crippen LogP contribution in [0.3, 0.4) is 0 Å². The van der Waals surface area contributed by atoms with Gasteiger partial charge in [-0.2, -0.15) is 0 Å². The second-order valence-electron chi connectivity index (χ2n) is 6.45. The molecular formula is C17H29N3. The van der Waals surface area contributed by atoms with Crippen LogP contribution in [0.25, 0.3) is 0 Å². The average molecular weight is 275 g/mol. The number of nitrogens with two attached hydrogens (primary N) is 1. The molecule has 1 atom stereocenters. The molecule has 1 fully saturated rings. The van der Waals surface area contributed by atoms with Gasteiger partial charge in [-0.05, 0) is 57.5 Å². The number of rotatable bonds is 4. The maximum atomic E-state index is 6.00. The number of nitrogens with zero attached hydrogens (tertiary/aromatic N) is 1. The molecule has 3 nitrogen and oxygen atoms in total. The van der Waals surface area contributed by atoms with E-state index in [1.54, 1.807) is 0 Å². The van der Waals surface area contributed by atoms with Gasteiger partial charge in [0.25, 0.3) is 0 Å². The molecule has 0 radical (unpaired) electrons. The lowest BCUT2D eigenvalue weighted by Gasteiger charge is -2.48. The summed E-state index contributed by atoms with van der Waals surface area (Å²) in [6.45, 7) is 4.39. The second kappa shape index (κ2) is 6.25. The van der Waals surface area contributed by atoms with Gasteiger partial charge in [0.1, 0.15) is 0 Å². The molecule has 1 aromatic carbocycles. The summed E-state index contributed by atoms with van der Waals surface area (Å²) in [6, 6.07) is 6.74. The van der Waals surface area contributed by atoms with E-state index in [9.17, 15) is 0 Å². The minimum absolute atomic E-state index is 0.131. The van der Waals surface area contributed by atoms with E-state index < -0.39 is 0 Å². The number of benzene rings is 1. The number of hydrogen-bond acceptors (Lipinski definition) is 3. The molecule has 1 aromatic rings. The number of hydrogen-bond donors (Lipinski definition) is 2. The lowest BCUT2D eigenvalue weighted by atomic mass is 9.72. The molecule has 1 aliphatic rings. The summed E-state index contributed by atoms with van der Waals surface area (Å²) >= 11 is 0. The molecule has 0 amide bonds. The molecule has 1 unspecified atom stereocenters. The first-order valence-electron chi connectivity index (χ1n) is 7.72. The third-order valence-corrected chi connectivity index (χ3v) is 5.27. The van der Waals surface area contributed by atoms with Gasteiger partial charge in [-0.15, -0.1) is 0 Å². The predicted octanol–water partition coefficient (Wildman–Crippen LogP) is 3.07. The van der Waals surface area contributed by atoms with E-state index in [1.807, 2.05) is 0 Å². The van der Waals surface area contributed by atoms with Crippen molar-refractivity contribution in [3.8, 4) is 0 Å². The van der Waals surface area contributed by atoms with Gasteiger partial charge in [0, 0.05) is 5.54 Å². The van der Waals surface area contributed by atoms with Crippen LogP contribution in [0.1, 0.15) is 54.8 Å². The van der Waals surface area contributed by atoms with Crippen LogP contribution >= 0.6 is 0 Å². The lowest BCUT2D eigenvalue weighted by Crippen LogP contribution is -2.56. The summed E-state index contributed by atoms with van der Waals surface area (Å²) in [7, 11) is 4.39. The van der Waals surface area contributed by atoms with E-state index >= 15 is 0 Å². The molecule has 0 saturated heterocycles. The SMILES string of the molecule is Cc1cccc(C(NN)C2(N(C)C)CCCCC2)c1C. The zero-order chi connectivity index (χ0) is 14.8. The number of likely N-dealkylation sites (N-methyl/N-ethyl adjacent to an activating group) is 1. The van der Waals surface area contributed by atoms with Crippen LogP contribution in [0.5, 0.6) is 0 Å². The zero-order valence-electron chi connectivity index (χ0n) is 13.4. The van der Waals surface area contributed by atoms with Crippen molar-refractivity contribution >= 4 is 0 Å². The minimum Gasteiger partial charge on any atom is -0.302 e. The van der Waals surface area contributed by atoms with Crippen LogP contribution in [-0.4, -0.2) is 24.5 Å². The van der Waals surface area contributed by atoms with E-state index in [1.165, 1.54) is 48.8 Å². The maximum Gasteiger partial charge on any atom is 0.0646 e. The molecule has 0 spiro atoms. The van der Waals surface area contributed by atoms with Crippen molar-refractivity contribution in [1.82, 2.24) is 10.3 Å². The molecule has 3 heteroatoms. The van der Waals surface area contributed by atoms with Gasteiger partial charge in [0.15, 0.2) is 0 Å². The Morgan fingerprint density at radius 3 is 2.35 bits per heavy atom. The molecule has 0 aromatic heterocycles. The summed E-state index contributed by atoms with van der Waals surface area (Å²) in [5, 5.41) is 0. The molecule has 2 rings (SSSR count). The largest absolute Gasteiger partial charge is 0.302 e. The first-order chi connectivity index (χ1) is 9.53. The van der Waals surface area contributed by atoms with Crippen molar-refractivity contribution in [2.75, 3.05) is 14.1 Å². The van der Waals surface area contributed by atoms with Gasteiger partial charge in [-0.3, -0.25) is 11.3 Å². The van der Waals surface area contributed by atoms with Crippen molar-refractivity contribution in [3.05, 3.63) is 34.9 Å². The summed E-state index contributed by atoms with van der Waals surface area (Å²) in [4.78, 5) is 2.39. The van der Waals surface area contributed by atoms with Crippen molar-refractivity contribution in [2.24, 2.45) is 5.84 Å². The molecule has 112 valence electrons. The molecule has 1 saturated carbocycles. The molecular weight excluding hydrogens is 246 g/mol. The Bertz CT molecular complexity index is 448. The summed E-state index contributed by atoms with van der Waals surface area (Å²) in [5.74, 6) is 6.00. The third kappa shape index (κ3) is 2.62. The van der Waals surface area contributed by atoms with E-state index in [0.29, 0.717) is 0 Å². The molecule has 0 bridgehead atoms. The molecule has 0 heterocycles. The molecule has 20 heavy (non-hydrogen) atoms. The Morgan fingerprint density at radius 1 is 1.15 bits per heavy atom. The Hall–Kier alpha value is -0.900. The minimum atomic E-state index is 0.131. The van der Waals surface area contributed by atoms with Crippen molar-refractivity contribution in [2.45, 2.75) is 57.5 Å².